The lowest BCUT2D eigenvalue weighted by Gasteiger charge is -2.27. The normalized spacial score (nSPS) is 15.2. The van der Waals surface area contributed by atoms with Gasteiger partial charge >= 0.3 is 0 Å². The minimum Gasteiger partial charge on any atom is -0.459 e. The second-order valence-corrected chi connectivity index (χ2v) is 8.15. The Morgan fingerprint density at radius 1 is 1.25 bits per heavy atom. The zero-order valence-electron chi connectivity index (χ0n) is 16.3. The maximum absolute atomic E-state index is 13.1. The van der Waals surface area contributed by atoms with Gasteiger partial charge in [-0.25, -0.2) is 4.98 Å². The second kappa shape index (κ2) is 8.43. The maximum Gasteiger partial charge on any atom is 0.295 e. The number of hydrogen-bond donors (Lipinski definition) is 0. The summed E-state index contributed by atoms with van der Waals surface area (Å²) in [6.07, 6.45) is 2.41. The fourth-order valence-electron chi connectivity index (χ4n) is 3.38. The van der Waals surface area contributed by atoms with Crippen molar-refractivity contribution in [3.05, 3.63) is 47.4 Å². The molecule has 1 saturated heterocycles. The fourth-order valence-corrected chi connectivity index (χ4v) is 4.45. The predicted molar refractivity (Wildman–Crippen MR) is 111 cm³/mol. The van der Waals surface area contributed by atoms with E-state index in [0.717, 1.165) is 54.6 Å². The molecule has 0 spiro atoms. The van der Waals surface area contributed by atoms with Gasteiger partial charge in [-0.2, -0.15) is 0 Å². The third kappa shape index (κ3) is 4.11. The minimum absolute atomic E-state index is 0.139. The van der Waals surface area contributed by atoms with Crippen LogP contribution >= 0.6 is 11.3 Å². The van der Waals surface area contributed by atoms with Gasteiger partial charge in [0.15, 0.2) is 10.9 Å². The van der Waals surface area contributed by atoms with Gasteiger partial charge in [0.05, 0.1) is 29.7 Å². The highest BCUT2D eigenvalue weighted by Gasteiger charge is 2.23. The molecule has 1 aliphatic heterocycles. The summed E-state index contributed by atoms with van der Waals surface area (Å²) >= 11 is 1.56. The molecule has 0 aliphatic carbocycles. The summed E-state index contributed by atoms with van der Waals surface area (Å²) < 4.78 is 11.9. The first kappa shape index (κ1) is 19.1. The van der Waals surface area contributed by atoms with Gasteiger partial charge in [0.2, 0.25) is 0 Å². The molecule has 1 fully saturated rings. The molecule has 1 amide bonds. The van der Waals surface area contributed by atoms with Gasteiger partial charge in [0, 0.05) is 26.2 Å². The van der Waals surface area contributed by atoms with E-state index in [-0.39, 0.29) is 5.91 Å². The third-order valence-corrected chi connectivity index (χ3v) is 6.20. The average Bonchev–Trinajstić information content (AvgIpc) is 3.36. The van der Waals surface area contributed by atoms with Gasteiger partial charge < -0.3 is 9.15 Å². The van der Waals surface area contributed by atoms with Crippen LogP contribution in [0.15, 0.2) is 34.9 Å². The Kier molecular flexibility index (Phi) is 5.75. The van der Waals surface area contributed by atoms with Crippen LogP contribution in [0.4, 0.5) is 5.13 Å². The van der Waals surface area contributed by atoms with E-state index in [1.807, 2.05) is 0 Å². The number of fused-ring (bicyclic) bond motifs is 1. The summed E-state index contributed by atoms with van der Waals surface area (Å²) in [4.78, 5) is 22.0. The van der Waals surface area contributed by atoms with Crippen LogP contribution in [-0.2, 0) is 4.74 Å². The molecule has 3 heterocycles. The van der Waals surface area contributed by atoms with Crippen molar-refractivity contribution < 1.29 is 13.9 Å². The van der Waals surface area contributed by atoms with Crippen LogP contribution in [0.5, 0.6) is 0 Å². The Hall–Kier alpha value is -2.22. The van der Waals surface area contributed by atoms with Crippen LogP contribution in [0, 0.1) is 13.8 Å². The van der Waals surface area contributed by atoms with E-state index >= 15 is 0 Å². The number of amides is 1. The zero-order chi connectivity index (χ0) is 19.5. The Morgan fingerprint density at radius 2 is 2.04 bits per heavy atom. The Bertz CT molecular complexity index is 906. The number of anilines is 1. The molecule has 4 rings (SSSR count). The molecular formula is C21H25N3O3S. The van der Waals surface area contributed by atoms with Crippen molar-refractivity contribution in [2.45, 2.75) is 20.3 Å². The van der Waals surface area contributed by atoms with Crippen molar-refractivity contribution in [2.24, 2.45) is 0 Å². The van der Waals surface area contributed by atoms with E-state index in [4.69, 9.17) is 14.1 Å². The molecule has 0 radical (unpaired) electrons. The standard InChI is InChI=1S/C21H25N3O3S/c1-15-13-17-19(14-16(15)2)28-21(22-17)24(20(25)18-5-3-10-27-18)7-4-6-23-8-11-26-12-9-23/h3,5,10,13-14H,4,6-9,11-12H2,1-2H3. The first-order valence-corrected chi connectivity index (χ1v) is 10.5. The van der Waals surface area contributed by atoms with Gasteiger partial charge in [-0.05, 0) is 55.7 Å². The number of carbonyl (C=O) groups is 1. The quantitative estimate of drug-likeness (QED) is 0.630. The first-order valence-electron chi connectivity index (χ1n) is 9.65. The molecule has 3 aromatic rings. The molecule has 148 valence electrons. The number of rotatable bonds is 6. The first-order chi connectivity index (χ1) is 13.6. The van der Waals surface area contributed by atoms with Crippen LogP contribution in [0.3, 0.4) is 0 Å². The summed E-state index contributed by atoms with van der Waals surface area (Å²) in [5, 5.41) is 0.725. The lowest BCUT2D eigenvalue weighted by molar-refractivity contribution is 0.0376. The number of carbonyl (C=O) groups excluding carboxylic acids is 1. The molecule has 0 atom stereocenters. The number of furan rings is 1. The zero-order valence-corrected chi connectivity index (χ0v) is 17.1. The SMILES string of the molecule is Cc1cc2nc(N(CCCN3CCOCC3)C(=O)c3ccco3)sc2cc1C. The van der Waals surface area contributed by atoms with Crippen molar-refractivity contribution >= 4 is 32.6 Å². The number of hydrogen-bond acceptors (Lipinski definition) is 6. The molecule has 0 unspecified atom stereocenters. The van der Waals surface area contributed by atoms with Crippen molar-refractivity contribution in [2.75, 3.05) is 44.3 Å². The number of nitrogens with zero attached hydrogens (tertiary/aromatic N) is 3. The van der Waals surface area contributed by atoms with Crippen molar-refractivity contribution in [1.82, 2.24) is 9.88 Å². The number of morpholine rings is 1. The topological polar surface area (TPSA) is 58.8 Å². The van der Waals surface area contributed by atoms with E-state index in [1.54, 1.807) is 28.4 Å². The smallest absolute Gasteiger partial charge is 0.295 e. The minimum atomic E-state index is -0.139. The van der Waals surface area contributed by atoms with Crippen LogP contribution in [0.25, 0.3) is 10.2 Å². The molecule has 2 aromatic heterocycles. The molecule has 0 bridgehead atoms. The number of ether oxygens (including phenoxy) is 1. The highest BCUT2D eigenvalue weighted by Crippen LogP contribution is 2.31. The van der Waals surface area contributed by atoms with Crippen LogP contribution in [0.1, 0.15) is 28.1 Å². The number of aryl methyl sites for hydroxylation is 2. The van der Waals surface area contributed by atoms with E-state index in [2.05, 4.69) is 30.9 Å². The summed E-state index contributed by atoms with van der Waals surface area (Å²) in [5.41, 5.74) is 3.38. The summed E-state index contributed by atoms with van der Waals surface area (Å²) in [7, 11) is 0. The van der Waals surface area contributed by atoms with E-state index < -0.39 is 0 Å². The Balaban J connectivity index is 1.56. The van der Waals surface area contributed by atoms with Crippen molar-refractivity contribution in [3.63, 3.8) is 0 Å². The number of thiazole rings is 1. The Morgan fingerprint density at radius 3 is 2.79 bits per heavy atom. The predicted octanol–water partition coefficient (Wildman–Crippen LogP) is 3.88. The van der Waals surface area contributed by atoms with Crippen molar-refractivity contribution in [3.8, 4) is 0 Å². The highest BCUT2D eigenvalue weighted by molar-refractivity contribution is 7.22. The highest BCUT2D eigenvalue weighted by atomic mass is 32.1. The Labute approximate surface area is 168 Å². The van der Waals surface area contributed by atoms with E-state index in [0.29, 0.717) is 12.3 Å². The molecule has 28 heavy (non-hydrogen) atoms. The largest absolute Gasteiger partial charge is 0.459 e. The summed E-state index contributed by atoms with van der Waals surface area (Å²) in [6.45, 7) is 9.20. The number of aromatic nitrogens is 1. The lowest BCUT2D eigenvalue weighted by atomic mass is 10.1. The molecule has 0 saturated carbocycles. The summed E-state index contributed by atoms with van der Waals surface area (Å²) in [5.74, 6) is 0.206. The third-order valence-electron chi connectivity index (χ3n) is 5.16. The van der Waals surface area contributed by atoms with Gasteiger partial charge in [0.25, 0.3) is 5.91 Å². The molecule has 6 nitrogen and oxygen atoms in total. The molecule has 0 N–H and O–H groups in total. The van der Waals surface area contributed by atoms with E-state index in [9.17, 15) is 4.79 Å². The van der Waals surface area contributed by atoms with E-state index in [1.165, 1.54) is 17.4 Å². The van der Waals surface area contributed by atoms with Gasteiger partial charge in [-0.3, -0.25) is 14.6 Å². The van der Waals surface area contributed by atoms with Gasteiger partial charge in [0.1, 0.15) is 0 Å². The number of benzene rings is 1. The fraction of sp³-hybridized carbons (Fsp3) is 0.429. The van der Waals surface area contributed by atoms with Gasteiger partial charge in [-0.15, -0.1) is 0 Å². The van der Waals surface area contributed by atoms with Gasteiger partial charge in [-0.1, -0.05) is 11.3 Å². The van der Waals surface area contributed by atoms with Crippen LogP contribution in [-0.4, -0.2) is 55.2 Å². The summed E-state index contributed by atoms with van der Waals surface area (Å²) in [6, 6.07) is 7.69. The molecule has 7 heteroatoms. The van der Waals surface area contributed by atoms with Crippen molar-refractivity contribution in [1.29, 1.82) is 0 Å². The van der Waals surface area contributed by atoms with Crippen LogP contribution < -0.4 is 4.90 Å². The average molecular weight is 400 g/mol. The monoisotopic (exact) mass is 399 g/mol. The van der Waals surface area contributed by atoms with Crippen LogP contribution in [0.2, 0.25) is 0 Å². The maximum atomic E-state index is 13.1. The molecule has 1 aromatic carbocycles. The second-order valence-electron chi connectivity index (χ2n) is 7.14. The molecular weight excluding hydrogens is 374 g/mol. The lowest BCUT2D eigenvalue weighted by Crippen LogP contribution is -2.39. The molecule has 1 aliphatic rings.